The van der Waals surface area contributed by atoms with Crippen molar-refractivity contribution < 1.29 is 4.92 Å². The first kappa shape index (κ1) is 21.8. The van der Waals surface area contributed by atoms with Gasteiger partial charge >= 0.3 is 0 Å². The van der Waals surface area contributed by atoms with Crippen molar-refractivity contribution >= 4 is 56.8 Å². The van der Waals surface area contributed by atoms with E-state index in [1.165, 1.54) is 39.9 Å². The molecule has 7 nitrogen and oxygen atoms in total. The van der Waals surface area contributed by atoms with Gasteiger partial charge in [-0.25, -0.2) is 4.98 Å². The second kappa shape index (κ2) is 9.09. The smallest absolute Gasteiger partial charge is 0.267 e. The normalized spacial score (nSPS) is 13.5. The minimum atomic E-state index is -0.424. The fraction of sp³-hybridized carbons (Fsp3) is 0.174. The lowest BCUT2D eigenvalue weighted by molar-refractivity contribution is -0.387. The van der Waals surface area contributed by atoms with Gasteiger partial charge in [-0.05, 0) is 61.6 Å². The lowest BCUT2D eigenvalue weighted by Gasteiger charge is -2.09. The number of nitrogens with zero attached hydrogens (tertiary/aromatic N) is 4. The van der Waals surface area contributed by atoms with Gasteiger partial charge in [-0.2, -0.15) is 9.78 Å². The predicted octanol–water partition coefficient (Wildman–Crippen LogP) is 5.93. The van der Waals surface area contributed by atoms with Gasteiger partial charge in [-0.15, -0.1) is 11.3 Å². The van der Waals surface area contributed by atoms with Crippen molar-refractivity contribution in [1.29, 1.82) is 0 Å². The maximum Gasteiger partial charge on any atom is 0.283 e. The highest BCUT2D eigenvalue weighted by Gasteiger charge is 2.20. The Bertz CT molecular complexity index is 1460. The molecular weight excluding hydrogens is 480 g/mol. The SMILES string of the molecule is O=c1c2c3c(sc2ncn1/N=C\c1ccc(Sc2ccc(Cl)cc2)c([N+](=O)[O-])c1)CCCC3. The molecule has 0 fully saturated rings. The van der Waals surface area contributed by atoms with E-state index >= 15 is 0 Å². The molecule has 0 radical (unpaired) electrons. The van der Waals surface area contributed by atoms with Gasteiger partial charge in [0.05, 0.1) is 21.4 Å². The van der Waals surface area contributed by atoms with Gasteiger partial charge < -0.3 is 0 Å². The molecule has 0 bridgehead atoms. The minimum Gasteiger partial charge on any atom is -0.267 e. The van der Waals surface area contributed by atoms with Crippen LogP contribution in [0.25, 0.3) is 10.2 Å². The summed E-state index contributed by atoms with van der Waals surface area (Å²) in [6.45, 7) is 0. The monoisotopic (exact) mass is 496 g/mol. The number of aromatic nitrogens is 2. The summed E-state index contributed by atoms with van der Waals surface area (Å²) in [5.74, 6) is 0. The van der Waals surface area contributed by atoms with Crippen LogP contribution in [-0.4, -0.2) is 20.8 Å². The van der Waals surface area contributed by atoms with Crippen molar-refractivity contribution in [2.45, 2.75) is 35.5 Å². The van der Waals surface area contributed by atoms with Crippen molar-refractivity contribution in [2.75, 3.05) is 0 Å². The van der Waals surface area contributed by atoms with Crippen molar-refractivity contribution in [1.82, 2.24) is 9.66 Å². The summed E-state index contributed by atoms with van der Waals surface area (Å²) in [4.78, 5) is 32.0. The van der Waals surface area contributed by atoms with E-state index in [-0.39, 0.29) is 11.2 Å². The van der Waals surface area contributed by atoms with Crippen molar-refractivity contribution in [3.05, 3.63) is 90.3 Å². The zero-order valence-electron chi connectivity index (χ0n) is 17.2. The number of benzene rings is 2. The first-order valence-corrected chi connectivity index (χ1v) is 12.3. The maximum atomic E-state index is 13.0. The molecular formula is C23H17ClN4O3S2. The Balaban J connectivity index is 1.46. The Morgan fingerprint density at radius 1 is 1.18 bits per heavy atom. The first-order valence-electron chi connectivity index (χ1n) is 10.3. The average Bonchev–Trinajstić information content (AvgIpc) is 3.20. The molecule has 1 aliphatic carbocycles. The van der Waals surface area contributed by atoms with Crippen LogP contribution in [0.2, 0.25) is 5.02 Å². The van der Waals surface area contributed by atoms with Gasteiger partial charge in [0.25, 0.3) is 11.2 Å². The Morgan fingerprint density at radius 3 is 2.76 bits per heavy atom. The highest BCUT2D eigenvalue weighted by molar-refractivity contribution is 7.99. The second-order valence-corrected chi connectivity index (χ2v) is 10.2. The minimum absolute atomic E-state index is 0.0354. The second-order valence-electron chi connectivity index (χ2n) is 7.57. The number of hydrogen-bond donors (Lipinski definition) is 0. The van der Waals surface area contributed by atoms with Crippen LogP contribution in [0.15, 0.2) is 68.5 Å². The Labute approximate surface area is 201 Å². The van der Waals surface area contributed by atoms with Crippen LogP contribution in [0.5, 0.6) is 0 Å². The van der Waals surface area contributed by atoms with Crippen LogP contribution in [-0.2, 0) is 12.8 Å². The first-order chi connectivity index (χ1) is 16.0. The number of thiophene rings is 1. The van der Waals surface area contributed by atoms with E-state index in [4.69, 9.17) is 11.6 Å². The van der Waals surface area contributed by atoms with Crippen molar-refractivity contribution in [3.8, 4) is 0 Å². The molecule has 2 aromatic heterocycles. The Morgan fingerprint density at radius 2 is 1.97 bits per heavy atom. The highest BCUT2D eigenvalue weighted by atomic mass is 35.5. The molecule has 33 heavy (non-hydrogen) atoms. The lowest BCUT2D eigenvalue weighted by atomic mass is 9.97. The summed E-state index contributed by atoms with van der Waals surface area (Å²) in [5, 5.41) is 17.2. The van der Waals surface area contributed by atoms with Gasteiger partial charge in [0.1, 0.15) is 11.2 Å². The average molecular weight is 497 g/mol. The summed E-state index contributed by atoms with van der Waals surface area (Å²) in [6.07, 6.45) is 6.93. The number of nitro groups is 1. The highest BCUT2D eigenvalue weighted by Crippen LogP contribution is 2.36. The number of rotatable bonds is 5. The summed E-state index contributed by atoms with van der Waals surface area (Å²) in [5.41, 5.74) is 1.37. The zero-order chi connectivity index (χ0) is 22.9. The fourth-order valence-electron chi connectivity index (χ4n) is 3.82. The molecule has 5 rings (SSSR count). The molecule has 2 heterocycles. The largest absolute Gasteiger partial charge is 0.283 e. The van der Waals surface area contributed by atoms with E-state index in [2.05, 4.69) is 10.1 Å². The number of hydrogen-bond acceptors (Lipinski definition) is 7. The fourth-order valence-corrected chi connectivity index (χ4v) is 6.07. The van der Waals surface area contributed by atoms with E-state index < -0.39 is 4.92 Å². The number of halogens is 1. The van der Waals surface area contributed by atoms with E-state index in [0.29, 0.717) is 20.9 Å². The van der Waals surface area contributed by atoms with Crippen LogP contribution < -0.4 is 5.56 Å². The van der Waals surface area contributed by atoms with Gasteiger partial charge in [-0.1, -0.05) is 29.4 Å². The van der Waals surface area contributed by atoms with E-state index in [1.807, 2.05) is 12.1 Å². The van der Waals surface area contributed by atoms with E-state index in [1.54, 1.807) is 35.6 Å². The zero-order valence-corrected chi connectivity index (χ0v) is 19.6. The van der Waals surface area contributed by atoms with Gasteiger partial charge in [-0.3, -0.25) is 14.9 Å². The molecule has 10 heteroatoms. The third-order valence-electron chi connectivity index (χ3n) is 5.41. The molecule has 1 aliphatic rings. The molecule has 2 aromatic carbocycles. The van der Waals surface area contributed by atoms with Crippen LogP contribution in [0.3, 0.4) is 0 Å². The Kier molecular flexibility index (Phi) is 6.01. The van der Waals surface area contributed by atoms with E-state index in [0.717, 1.165) is 41.0 Å². The predicted molar refractivity (Wildman–Crippen MR) is 132 cm³/mol. The summed E-state index contributed by atoms with van der Waals surface area (Å²) < 4.78 is 1.20. The van der Waals surface area contributed by atoms with Crippen LogP contribution in [0.1, 0.15) is 28.8 Å². The van der Waals surface area contributed by atoms with Crippen molar-refractivity contribution in [2.24, 2.45) is 5.10 Å². The van der Waals surface area contributed by atoms with Crippen molar-refractivity contribution in [3.63, 3.8) is 0 Å². The number of nitro benzene ring substituents is 1. The van der Waals surface area contributed by atoms with Gasteiger partial charge in [0, 0.05) is 26.4 Å². The summed E-state index contributed by atoms with van der Waals surface area (Å²) in [7, 11) is 0. The van der Waals surface area contributed by atoms with Gasteiger partial charge in [0.15, 0.2) is 0 Å². The molecule has 0 N–H and O–H groups in total. The molecule has 0 aliphatic heterocycles. The number of aryl methyl sites for hydroxylation is 2. The van der Waals surface area contributed by atoms with Crippen LogP contribution >= 0.6 is 34.7 Å². The molecule has 0 saturated carbocycles. The summed E-state index contributed by atoms with van der Waals surface area (Å²) in [6, 6.07) is 12.0. The maximum absolute atomic E-state index is 13.0. The molecule has 4 aromatic rings. The third-order valence-corrected chi connectivity index (χ3v) is 7.94. The third kappa shape index (κ3) is 4.44. The molecule has 0 saturated heterocycles. The standard InChI is InChI=1S/C23H17ClN4O3S2/c24-15-6-8-16(9-7-15)32-20-10-5-14(11-18(20)28(30)31)12-26-27-13-25-22-21(23(27)29)17-3-1-2-4-19(17)33-22/h5-13H,1-4H2/b26-12-. The number of fused-ring (bicyclic) bond motifs is 3. The lowest BCUT2D eigenvalue weighted by Crippen LogP contribution is -2.18. The molecule has 0 amide bonds. The Hall–Kier alpha value is -3.01. The molecule has 166 valence electrons. The molecule has 0 unspecified atom stereocenters. The van der Waals surface area contributed by atoms with Crippen LogP contribution in [0.4, 0.5) is 5.69 Å². The van der Waals surface area contributed by atoms with Crippen LogP contribution in [0, 0.1) is 10.1 Å². The quantitative estimate of drug-likeness (QED) is 0.194. The molecule has 0 spiro atoms. The van der Waals surface area contributed by atoms with E-state index in [9.17, 15) is 14.9 Å². The van der Waals surface area contributed by atoms with Gasteiger partial charge in [0.2, 0.25) is 0 Å². The molecule has 0 atom stereocenters. The summed E-state index contributed by atoms with van der Waals surface area (Å²) >= 11 is 8.78. The topological polar surface area (TPSA) is 90.4 Å².